The molecule has 3 atom stereocenters. The van der Waals surface area contributed by atoms with Crippen molar-refractivity contribution in [1.29, 1.82) is 0 Å². The third-order valence-corrected chi connectivity index (χ3v) is 6.77. The van der Waals surface area contributed by atoms with Crippen molar-refractivity contribution in [2.75, 3.05) is 22.9 Å². The highest BCUT2D eigenvalue weighted by molar-refractivity contribution is 6.04. The predicted molar refractivity (Wildman–Crippen MR) is 147 cm³/mol. The largest absolute Gasteiger partial charge is 0.399 e. The standard InChI is InChI=1S/C27H37N7O4/c1-3-15(2)23-27(38)32-21(6-4-5-11-28)26(37)33-22-12-16(24(30)35)7-8-17(22)14-31-20-10-9-18(29)13-19(20)25(36)34-23/h7-10,12-13,15,21,23,31H,3-6,11,14,28-29H2,1-2H3,(H2,30,35)(H,32,38)(H,33,37)(H,34,36)/t15?,21?,23-/m0/s1. The molecule has 0 radical (unpaired) electrons. The molecule has 2 aromatic rings. The maximum Gasteiger partial charge on any atom is 0.254 e. The van der Waals surface area contributed by atoms with Gasteiger partial charge in [-0.25, -0.2) is 0 Å². The molecular formula is C27H37N7O4. The second kappa shape index (κ2) is 12.9. The summed E-state index contributed by atoms with van der Waals surface area (Å²) >= 11 is 0. The topological polar surface area (TPSA) is 194 Å². The average molecular weight is 524 g/mol. The Balaban J connectivity index is 2.09. The molecule has 10 N–H and O–H groups in total. The van der Waals surface area contributed by atoms with E-state index in [1.807, 2.05) is 13.8 Å². The van der Waals surface area contributed by atoms with Crippen LogP contribution in [0.1, 0.15) is 65.8 Å². The minimum absolute atomic E-state index is 0.212. The van der Waals surface area contributed by atoms with E-state index in [0.29, 0.717) is 54.9 Å². The predicted octanol–water partition coefficient (Wildman–Crippen LogP) is 1.69. The van der Waals surface area contributed by atoms with Crippen LogP contribution in [0, 0.1) is 5.92 Å². The summed E-state index contributed by atoms with van der Waals surface area (Å²) in [5.74, 6) is -2.24. The number of carbonyl (C=O) groups excluding carboxylic acids is 4. The first-order valence-electron chi connectivity index (χ1n) is 12.8. The fourth-order valence-electron chi connectivity index (χ4n) is 4.26. The lowest BCUT2D eigenvalue weighted by molar-refractivity contribution is -0.128. The first-order valence-corrected chi connectivity index (χ1v) is 12.8. The Labute approximate surface area is 222 Å². The molecule has 3 rings (SSSR count). The van der Waals surface area contributed by atoms with Crippen LogP contribution in [0.15, 0.2) is 36.4 Å². The van der Waals surface area contributed by atoms with E-state index in [-0.39, 0.29) is 23.6 Å². The number of nitrogen functional groups attached to an aromatic ring is 1. The summed E-state index contributed by atoms with van der Waals surface area (Å²) in [6.45, 7) is 4.45. The third-order valence-electron chi connectivity index (χ3n) is 6.77. The third kappa shape index (κ3) is 7.00. The van der Waals surface area contributed by atoms with Gasteiger partial charge in [0.1, 0.15) is 12.1 Å². The van der Waals surface area contributed by atoms with E-state index in [9.17, 15) is 19.2 Å². The van der Waals surface area contributed by atoms with Gasteiger partial charge in [-0.3, -0.25) is 19.2 Å². The van der Waals surface area contributed by atoms with Gasteiger partial charge < -0.3 is 38.5 Å². The van der Waals surface area contributed by atoms with Crippen LogP contribution in [0.5, 0.6) is 0 Å². The lowest BCUT2D eigenvalue weighted by Crippen LogP contribution is -2.55. The van der Waals surface area contributed by atoms with Gasteiger partial charge in [0.05, 0.1) is 5.56 Å². The van der Waals surface area contributed by atoms with Crippen LogP contribution in [0.2, 0.25) is 0 Å². The minimum atomic E-state index is -0.888. The van der Waals surface area contributed by atoms with E-state index >= 15 is 0 Å². The number of hydrogen-bond acceptors (Lipinski definition) is 7. The van der Waals surface area contributed by atoms with E-state index in [2.05, 4.69) is 21.3 Å². The quantitative estimate of drug-likeness (QED) is 0.212. The fraction of sp³-hybridized carbons (Fsp3) is 0.407. The minimum Gasteiger partial charge on any atom is -0.399 e. The SMILES string of the molecule is CCC(C)[C@@H]1NC(=O)c2cc(N)ccc2NCc2ccc(C(N)=O)cc2NC(=O)C(CCCCN)NC1=O. The first kappa shape index (κ1) is 28.5. The average Bonchev–Trinajstić information content (AvgIpc) is 2.89. The molecule has 1 heterocycles. The van der Waals surface area contributed by atoms with Gasteiger partial charge in [-0.1, -0.05) is 26.3 Å². The summed E-state index contributed by atoms with van der Waals surface area (Å²) in [5, 5.41) is 11.8. The van der Waals surface area contributed by atoms with E-state index in [0.717, 1.165) is 0 Å². The summed E-state index contributed by atoms with van der Waals surface area (Å²) < 4.78 is 0. The molecule has 0 aliphatic carbocycles. The van der Waals surface area contributed by atoms with Crippen LogP contribution in [0.25, 0.3) is 0 Å². The first-order chi connectivity index (χ1) is 18.1. The van der Waals surface area contributed by atoms with Crippen molar-refractivity contribution < 1.29 is 19.2 Å². The number of nitrogens with one attached hydrogen (secondary N) is 4. The van der Waals surface area contributed by atoms with Crippen molar-refractivity contribution in [3.63, 3.8) is 0 Å². The molecule has 4 amide bonds. The molecule has 204 valence electrons. The van der Waals surface area contributed by atoms with Crippen LogP contribution >= 0.6 is 0 Å². The van der Waals surface area contributed by atoms with Gasteiger partial charge in [0, 0.05) is 29.2 Å². The number of primary amides is 1. The Morgan fingerprint density at radius 3 is 2.47 bits per heavy atom. The van der Waals surface area contributed by atoms with Gasteiger partial charge >= 0.3 is 0 Å². The number of fused-ring (bicyclic) bond motifs is 2. The maximum atomic E-state index is 13.5. The number of anilines is 3. The number of amides is 4. The maximum absolute atomic E-state index is 13.5. The zero-order valence-electron chi connectivity index (χ0n) is 21.8. The molecule has 2 aromatic carbocycles. The summed E-state index contributed by atoms with van der Waals surface area (Å²) in [5.41, 5.74) is 19.5. The zero-order valence-corrected chi connectivity index (χ0v) is 21.8. The van der Waals surface area contributed by atoms with Crippen LogP contribution < -0.4 is 38.5 Å². The Morgan fingerprint density at radius 1 is 1.03 bits per heavy atom. The van der Waals surface area contributed by atoms with Crippen molar-refractivity contribution in [2.24, 2.45) is 17.4 Å². The number of hydrogen-bond donors (Lipinski definition) is 7. The van der Waals surface area contributed by atoms with Crippen molar-refractivity contribution >= 4 is 40.7 Å². The molecule has 11 heteroatoms. The second-order valence-corrected chi connectivity index (χ2v) is 9.57. The Morgan fingerprint density at radius 2 is 1.79 bits per heavy atom. The van der Waals surface area contributed by atoms with Crippen LogP contribution in [0.4, 0.5) is 17.1 Å². The molecule has 0 fully saturated rings. The number of benzene rings is 2. The number of carbonyl (C=O) groups is 4. The zero-order chi connectivity index (χ0) is 27.8. The van der Waals surface area contributed by atoms with Gasteiger partial charge in [0.2, 0.25) is 17.7 Å². The Kier molecular flexibility index (Phi) is 9.66. The molecule has 11 nitrogen and oxygen atoms in total. The van der Waals surface area contributed by atoms with E-state index in [1.165, 1.54) is 6.07 Å². The summed E-state index contributed by atoms with van der Waals surface area (Å²) in [6.07, 6.45) is 2.25. The van der Waals surface area contributed by atoms with E-state index in [1.54, 1.807) is 30.3 Å². The fourth-order valence-corrected chi connectivity index (χ4v) is 4.26. The van der Waals surface area contributed by atoms with Crippen molar-refractivity contribution in [2.45, 2.75) is 58.2 Å². The second-order valence-electron chi connectivity index (χ2n) is 9.57. The van der Waals surface area contributed by atoms with Crippen molar-refractivity contribution in [3.05, 3.63) is 53.1 Å². The van der Waals surface area contributed by atoms with Gasteiger partial charge in [0.25, 0.3) is 5.91 Å². The molecule has 0 bridgehead atoms. The van der Waals surface area contributed by atoms with Gasteiger partial charge in [-0.2, -0.15) is 0 Å². The molecular weight excluding hydrogens is 486 g/mol. The number of unbranched alkanes of at least 4 members (excludes halogenated alkanes) is 1. The van der Waals surface area contributed by atoms with Crippen molar-refractivity contribution in [1.82, 2.24) is 10.6 Å². The number of rotatable bonds is 7. The van der Waals surface area contributed by atoms with Gasteiger partial charge in [-0.15, -0.1) is 0 Å². The van der Waals surface area contributed by atoms with Gasteiger partial charge in [0.15, 0.2) is 0 Å². The van der Waals surface area contributed by atoms with E-state index in [4.69, 9.17) is 17.2 Å². The van der Waals surface area contributed by atoms with Crippen LogP contribution in [-0.4, -0.2) is 42.3 Å². The normalized spacial score (nSPS) is 19.0. The smallest absolute Gasteiger partial charge is 0.254 e. The molecule has 0 saturated heterocycles. The lowest BCUT2D eigenvalue weighted by Gasteiger charge is -2.28. The summed E-state index contributed by atoms with van der Waals surface area (Å²) in [4.78, 5) is 52.1. The van der Waals surface area contributed by atoms with Crippen LogP contribution in [-0.2, 0) is 16.1 Å². The molecule has 1 aliphatic heterocycles. The molecule has 0 spiro atoms. The Bertz CT molecular complexity index is 1200. The molecule has 38 heavy (non-hydrogen) atoms. The van der Waals surface area contributed by atoms with Crippen molar-refractivity contribution in [3.8, 4) is 0 Å². The lowest BCUT2D eigenvalue weighted by atomic mass is 9.96. The Hall–Kier alpha value is -4.12. The number of nitrogens with two attached hydrogens (primary N) is 3. The molecule has 0 saturated carbocycles. The monoisotopic (exact) mass is 523 g/mol. The molecule has 2 unspecified atom stereocenters. The van der Waals surface area contributed by atoms with Crippen LogP contribution in [0.3, 0.4) is 0 Å². The highest BCUT2D eigenvalue weighted by atomic mass is 16.2. The van der Waals surface area contributed by atoms with Gasteiger partial charge in [-0.05, 0) is 67.6 Å². The molecule has 0 aromatic heterocycles. The van der Waals surface area contributed by atoms with E-state index < -0.39 is 35.7 Å². The summed E-state index contributed by atoms with van der Waals surface area (Å²) in [6, 6.07) is 7.84. The highest BCUT2D eigenvalue weighted by Gasteiger charge is 2.31. The summed E-state index contributed by atoms with van der Waals surface area (Å²) in [7, 11) is 0. The molecule has 1 aliphatic rings. The highest BCUT2D eigenvalue weighted by Crippen LogP contribution is 2.24.